The molecule has 1 aromatic heterocycles. The Morgan fingerprint density at radius 1 is 1.19 bits per heavy atom. The van der Waals surface area contributed by atoms with Crippen LogP contribution >= 0.6 is 0 Å². The lowest BCUT2D eigenvalue weighted by atomic mass is 10.1. The summed E-state index contributed by atoms with van der Waals surface area (Å²) < 4.78 is 0. The van der Waals surface area contributed by atoms with E-state index < -0.39 is 6.10 Å². The molecule has 1 atom stereocenters. The minimum atomic E-state index is -0.554. The smallest absolute Gasteiger partial charge is 0.0917 e. The van der Waals surface area contributed by atoms with Gasteiger partial charge in [0, 0.05) is 38.4 Å². The van der Waals surface area contributed by atoms with Crippen LogP contribution in [0.2, 0.25) is 0 Å². The van der Waals surface area contributed by atoms with Gasteiger partial charge in [-0.1, -0.05) is 36.4 Å². The molecular weight excluding hydrogens is 262 g/mol. The lowest BCUT2D eigenvalue weighted by Gasteiger charge is -2.24. The van der Waals surface area contributed by atoms with E-state index in [1.54, 1.807) is 6.20 Å². The molecule has 0 aliphatic carbocycles. The van der Waals surface area contributed by atoms with Crippen LogP contribution in [0.3, 0.4) is 0 Å². The summed E-state index contributed by atoms with van der Waals surface area (Å²) in [5.74, 6) is 0. The van der Waals surface area contributed by atoms with Crippen LogP contribution in [0.25, 0.3) is 0 Å². The van der Waals surface area contributed by atoms with E-state index in [4.69, 9.17) is 5.26 Å². The van der Waals surface area contributed by atoms with E-state index in [9.17, 15) is 5.11 Å². The number of aromatic nitrogens is 1. The molecule has 1 heterocycles. The van der Waals surface area contributed by atoms with Gasteiger partial charge < -0.3 is 5.11 Å². The fraction of sp³-hybridized carbons (Fsp3) is 0.294. The number of rotatable bonds is 7. The largest absolute Gasteiger partial charge is 0.387 e. The summed E-state index contributed by atoms with van der Waals surface area (Å²) in [6.45, 7) is 1.81. The summed E-state index contributed by atoms with van der Waals surface area (Å²) in [6, 6.07) is 15.6. The highest BCUT2D eigenvalue weighted by atomic mass is 16.3. The fourth-order valence-corrected chi connectivity index (χ4v) is 2.22. The van der Waals surface area contributed by atoms with Crippen molar-refractivity contribution in [3.8, 4) is 6.07 Å². The Morgan fingerprint density at radius 3 is 2.67 bits per heavy atom. The second-order valence-corrected chi connectivity index (χ2v) is 4.93. The number of benzene rings is 1. The van der Waals surface area contributed by atoms with Crippen LogP contribution in [0, 0.1) is 11.3 Å². The number of aliphatic hydroxyl groups is 1. The van der Waals surface area contributed by atoms with Crippen molar-refractivity contribution >= 4 is 0 Å². The van der Waals surface area contributed by atoms with E-state index in [0.29, 0.717) is 26.1 Å². The zero-order chi connectivity index (χ0) is 14.9. The van der Waals surface area contributed by atoms with Crippen molar-refractivity contribution < 1.29 is 5.11 Å². The maximum atomic E-state index is 10.3. The standard InChI is InChI=1S/C17H19N3O/c18-9-5-11-20(13-15-6-4-10-19-12-15)14-17(21)16-7-2-1-3-8-16/h1-4,6-8,10,12,17,21H,5,11,13-14H2. The topological polar surface area (TPSA) is 60.2 Å². The molecule has 0 radical (unpaired) electrons. The summed E-state index contributed by atoms with van der Waals surface area (Å²) in [4.78, 5) is 6.18. The molecule has 108 valence electrons. The van der Waals surface area contributed by atoms with Crippen LogP contribution in [-0.2, 0) is 6.54 Å². The third-order valence-corrected chi connectivity index (χ3v) is 3.28. The van der Waals surface area contributed by atoms with Crippen molar-refractivity contribution in [2.45, 2.75) is 19.1 Å². The molecule has 0 aliphatic heterocycles. The number of nitriles is 1. The normalized spacial score (nSPS) is 12.0. The van der Waals surface area contributed by atoms with E-state index in [-0.39, 0.29) is 0 Å². The molecule has 0 saturated carbocycles. The first-order valence-electron chi connectivity index (χ1n) is 7.01. The van der Waals surface area contributed by atoms with Crippen molar-refractivity contribution in [2.75, 3.05) is 13.1 Å². The van der Waals surface area contributed by atoms with Gasteiger partial charge in [-0.25, -0.2) is 0 Å². The van der Waals surface area contributed by atoms with Gasteiger partial charge in [0.1, 0.15) is 0 Å². The van der Waals surface area contributed by atoms with Crippen LogP contribution in [-0.4, -0.2) is 28.1 Å². The van der Waals surface area contributed by atoms with Gasteiger partial charge in [0.05, 0.1) is 12.2 Å². The summed E-state index contributed by atoms with van der Waals surface area (Å²) in [6.07, 6.45) is 3.44. The lowest BCUT2D eigenvalue weighted by molar-refractivity contribution is 0.110. The molecule has 0 amide bonds. The van der Waals surface area contributed by atoms with Crippen molar-refractivity contribution in [1.29, 1.82) is 5.26 Å². The highest BCUT2D eigenvalue weighted by molar-refractivity contribution is 5.17. The average Bonchev–Trinajstić information content (AvgIpc) is 2.54. The predicted octanol–water partition coefficient (Wildman–Crippen LogP) is 2.53. The van der Waals surface area contributed by atoms with E-state index in [1.807, 2.05) is 48.7 Å². The number of nitrogens with zero attached hydrogens (tertiary/aromatic N) is 3. The van der Waals surface area contributed by atoms with Gasteiger partial charge in [-0.2, -0.15) is 5.26 Å². The summed E-state index contributed by atoms with van der Waals surface area (Å²) in [7, 11) is 0. The number of hydrogen-bond donors (Lipinski definition) is 1. The third-order valence-electron chi connectivity index (χ3n) is 3.28. The maximum absolute atomic E-state index is 10.3. The molecule has 21 heavy (non-hydrogen) atoms. The van der Waals surface area contributed by atoms with Crippen LogP contribution < -0.4 is 0 Å². The quantitative estimate of drug-likeness (QED) is 0.847. The Morgan fingerprint density at radius 2 is 2.00 bits per heavy atom. The van der Waals surface area contributed by atoms with Gasteiger partial charge in [0.25, 0.3) is 0 Å². The summed E-state index contributed by atoms with van der Waals surface area (Å²) in [5.41, 5.74) is 1.97. The average molecular weight is 281 g/mol. The molecule has 1 aromatic carbocycles. The van der Waals surface area contributed by atoms with E-state index in [2.05, 4.69) is 16.0 Å². The Bertz CT molecular complexity index is 566. The molecule has 2 rings (SSSR count). The molecule has 2 aromatic rings. The van der Waals surface area contributed by atoms with Crippen molar-refractivity contribution in [1.82, 2.24) is 9.88 Å². The second-order valence-electron chi connectivity index (χ2n) is 4.93. The van der Waals surface area contributed by atoms with Crippen molar-refractivity contribution in [3.05, 3.63) is 66.0 Å². The van der Waals surface area contributed by atoms with Gasteiger partial charge in [-0.05, 0) is 17.2 Å². The van der Waals surface area contributed by atoms with Crippen molar-refractivity contribution in [2.24, 2.45) is 0 Å². The van der Waals surface area contributed by atoms with Gasteiger partial charge in [0.15, 0.2) is 0 Å². The highest BCUT2D eigenvalue weighted by Crippen LogP contribution is 2.15. The maximum Gasteiger partial charge on any atom is 0.0917 e. The molecule has 1 unspecified atom stereocenters. The summed E-state index contributed by atoms with van der Waals surface area (Å²) in [5, 5.41) is 19.1. The first kappa shape index (κ1) is 15.2. The number of aliphatic hydroxyl groups excluding tert-OH is 1. The number of hydrogen-bond acceptors (Lipinski definition) is 4. The Kier molecular flexibility index (Phi) is 5.89. The van der Waals surface area contributed by atoms with Gasteiger partial charge >= 0.3 is 0 Å². The van der Waals surface area contributed by atoms with E-state index in [0.717, 1.165) is 11.1 Å². The predicted molar refractivity (Wildman–Crippen MR) is 81.1 cm³/mol. The molecule has 4 heteroatoms. The van der Waals surface area contributed by atoms with Crippen LogP contribution in [0.1, 0.15) is 23.7 Å². The molecule has 0 bridgehead atoms. The Balaban J connectivity index is 2.01. The molecule has 4 nitrogen and oxygen atoms in total. The third kappa shape index (κ3) is 4.99. The lowest BCUT2D eigenvalue weighted by Crippen LogP contribution is -2.29. The zero-order valence-electron chi connectivity index (χ0n) is 11.9. The number of pyridine rings is 1. The zero-order valence-corrected chi connectivity index (χ0v) is 11.9. The fourth-order valence-electron chi connectivity index (χ4n) is 2.22. The minimum absolute atomic E-state index is 0.446. The first-order valence-corrected chi connectivity index (χ1v) is 7.01. The van der Waals surface area contributed by atoms with E-state index in [1.165, 1.54) is 0 Å². The monoisotopic (exact) mass is 281 g/mol. The van der Waals surface area contributed by atoms with Crippen LogP contribution in [0.15, 0.2) is 54.9 Å². The second kappa shape index (κ2) is 8.15. The van der Waals surface area contributed by atoms with E-state index >= 15 is 0 Å². The SMILES string of the molecule is N#CCCN(Cc1cccnc1)CC(O)c1ccccc1. The molecule has 0 spiro atoms. The molecule has 0 aliphatic rings. The van der Waals surface area contributed by atoms with Gasteiger partial charge in [-0.15, -0.1) is 0 Å². The highest BCUT2D eigenvalue weighted by Gasteiger charge is 2.13. The van der Waals surface area contributed by atoms with Crippen molar-refractivity contribution in [3.63, 3.8) is 0 Å². The molecule has 1 N–H and O–H groups in total. The Hall–Kier alpha value is -2.22. The minimum Gasteiger partial charge on any atom is -0.387 e. The van der Waals surface area contributed by atoms with Crippen LogP contribution in [0.4, 0.5) is 0 Å². The first-order chi connectivity index (χ1) is 10.3. The molecule has 0 saturated heterocycles. The summed E-state index contributed by atoms with van der Waals surface area (Å²) >= 11 is 0. The molecule has 0 fully saturated rings. The van der Waals surface area contributed by atoms with Gasteiger partial charge in [-0.3, -0.25) is 9.88 Å². The van der Waals surface area contributed by atoms with Crippen LogP contribution in [0.5, 0.6) is 0 Å². The molecular formula is C17H19N3O. The van der Waals surface area contributed by atoms with Gasteiger partial charge in [0.2, 0.25) is 0 Å². The Labute approximate surface area is 125 Å².